The molecule has 0 saturated carbocycles. The van der Waals surface area contributed by atoms with Crippen LogP contribution in [-0.2, 0) is 0 Å². The Hall–Kier alpha value is -0.650. The molecule has 0 aliphatic heterocycles. The van der Waals surface area contributed by atoms with Crippen LogP contribution >= 0.6 is 22.6 Å². The van der Waals surface area contributed by atoms with Crippen LogP contribution in [-0.4, -0.2) is 11.4 Å². The molecule has 0 aliphatic rings. The molecule has 4 heteroatoms. The van der Waals surface area contributed by atoms with Crippen molar-refractivity contribution in [1.29, 1.82) is 0 Å². The van der Waals surface area contributed by atoms with E-state index < -0.39 is 0 Å². The van der Waals surface area contributed by atoms with E-state index in [1.54, 1.807) is 12.1 Å². The third-order valence-corrected chi connectivity index (χ3v) is 2.01. The van der Waals surface area contributed by atoms with Gasteiger partial charge in [0.15, 0.2) is 0 Å². The second kappa shape index (κ2) is 3.66. The molecule has 0 atom stereocenters. The third kappa shape index (κ3) is 1.89. The Morgan fingerprint density at radius 1 is 1.55 bits per heavy atom. The van der Waals surface area contributed by atoms with Gasteiger partial charge >= 0.3 is 0 Å². The van der Waals surface area contributed by atoms with Gasteiger partial charge < -0.3 is 5.21 Å². The lowest BCUT2D eigenvalue weighted by molar-refractivity contribution is 0.321. The summed E-state index contributed by atoms with van der Waals surface area (Å²) in [7, 11) is 0. The minimum Gasteiger partial charge on any atom is -0.411 e. The normalized spacial score (nSPS) is 10.7. The Kier molecular flexibility index (Phi) is 2.81. The monoisotopic (exact) mass is 265 g/mol. The van der Waals surface area contributed by atoms with Crippen LogP contribution in [0.25, 0.3) is 0 Å². The fraction of sp³-hybridized carbons (Fsp3) is 0. The molecule has 58 valence electrons. The van der Waals surface area contributed by atoms with E-state index in [0.29, 0.717) is 9.13 Å². The van der Waals surface area contributed by atoms with E-state index in [1.807, 2.05) is 22.6 Å². The van der Waals surface area contributed by atoms with Gasteiger partial charge in [-0.15, -0.1) is 0 Å². The Morgan fingerprint density at radius 2 is 2.27 bits per heavy atom. The number of rotatable bonds is 1. The Balaban J connectivity index is 3.16. The minimum atomic E-state index is -0.356. The van der Waals surface area contributed by atoms with Gasteiger partial charge in [0.2, 0.25) is 0 Å². The summed E-state index contributed by atoms with van der Waals surface area (Å²) in [5, 5.41) is 10.9. The summed E-state index contributed by atoms with van der Waals surface area (Å²) in [4.78, 5) is 0. The summed E-state index contributed by atoms with van der Waals surface area (Å²) in [5.74, 6) is -0.356. The second-order valence-electron chi connectivity index (χ2n) is 1.89. The van der Waals surface area contributed by atoms with E-state index in [2.05, 4.69) is 5.16 Å². The molecular weight excluding hydrogens is 260 g/mol. The van der Waals surface area contributed by atoms with Gasteiger partial charge in [0.05, 0.1) is 6.21 Å². The molecule has 0 aliphatic carbocycles. The number of hydrogen-bond donors (Lipinski definition) is 1. The molecule has 0 radical (unpaired) electrons. The summed E-state index contributed by atoms with van der Waals surface area (Å²) in [6.45, 7) is 0. The highest BCUT2D eigenvalue weighted by atomic mass is 127. The summed E-state index contributed by atoms with van der Waals surface area (Å²) >= 11 is 1.87. The standard InChI is InChI=1S/C7H5FINO/c8-7-5(4-10-11)2-1-3-6(7)9/h1-4,11H/b10-4+. The van der Waals surface area contributed by atoms with Gasteiger partial charge in [-0.3, -0.25) is 0 Å². The van der Waals surface area contributed by atoms with Crippen LogP contribution in [0.2, 0.25) is 0 Å². The largest absolute Gasteiger partial charge is 0.411 e. The maximum atomic E-state index is 13.0. The number of oxime groups is 1. The molecule has 2 nitrogen and oxygen atoms in total. The smallest absolute Gasteiger partial charge is 0.145 e. The predicted octanol–water partition coefficient (Wildman–Crippen LogP) is 2.24. The molecule has 0 unspecified atom stereocenters. The summed E-state index contributed by atoms with van der Waals surface area (Å²) in [6.07, 6.45) is 1.07. The van der Waals surface area contributed by atoms with Crippen molar-refractivity contribution in [3.63, 3.8) is 0 Å². The minimum absolute atomic E-state index is 0.291. The average molecular weight is 265 g/mol. The van der Waals surface area contributed by atoms with Gasteiger partial charge in [-0.2, -0.15) is 0 Å². The van der Waals surface area contributed by atoms with E-state index in [9.17, 15) is 4.39 Å². The zero-order valence-corrected chi connectivity index (χ0v) is 7.62. The van der Waals surface area contributed by atoms with Crippen molar-refractivity contribution in [1.82, 2.24) is 0 Å². The van der Waals surface area contributed by atoms with E-state index >= 15 is 0 Å². The molecule has 0 amide bonds. The maximum Gasteiger partial charge on any atom is 0.145 e. The van der Waals surface area contributed by atoms with Crippen molar-refractivity contribution < 1.29 is 9.60 Å². The lowest BCUT2D eigenvalue weighted by atomic mass is 10.2. The number of halogens is 2. The van der Waals surface area contributed by atoms with Crippen molar-refractivity contribution in [2.45, 2.75) is 0 Å². The third-order valence-electron chi connectivity index (χ3n) is 1.18. The second-order valence-corrected chi connectivity index (χ2v) is 3.05. The van der Waals surface area contributed by atoms with Crippen molar-refractivity contribution in [2.75, 3.05) is 0 Å². The number of hydrogen-bond acceptors (Lipinski definition) is 2. The maximum absolute atomic E-state index is 13.0. The van der Waals surface area contributed by atoms with Crippen molar-refractivity contribution >= 4 is 28.8 Å². The molecule has 1 aromatic rings. The molecule has 0 spiro atoms. The highest BCUT2D eigenvalue weighted by Crippen LogP contribution is 2.12. The quantitative estimate of drug-likeness (QED) is 0.359. The van der Waals surface area contributed by atoms with Crippen LogP contribution in [0.1, 0.15) is 5.56 Å². The number of nitrogens with zero attached hydrogens (tertiary/aromatic N) is 1. The van der Waals surface area contributed by atoms with Gasteiger partial charge in [0.1, 0.15) is 5.82 Å². The van der Waals surface area contributed by atoms with Crippen LogP contribution < -0.4 is 0 Å². The number of benzene rings is 1. The van der Waals surface area contributed by atoms with Gasteiger partial charge in [0, 0.05) is 9.13 Å². The average Bonchev–Trinajstić information content (AvgIpc) is 1.99. The van der Waals surface area contributed by atoms with E-state index in [1.165, 1.54) is 6.07 Å². The topological polar surface area (TPSA) is 32.6 Å². The Morgan fingerprint density at radius 3 is 2.91 bits per heavy atom. The van der Waals surface area contributed by atoms with Crippen LogP contribution in [0.5, 0.6) is 0 Å². The molecular formula is C7H5FINO. The molecule has 0 aromatic heterocycles. The first-order valence-corrected chi connectivity index (χ1v) is 3.95. The van der Waals surface area contributed by atoms with E-state index in [-0.39, 0.29) is 5.82 Å². The first-order chi connectivity index (χ1) is 5.25. The van der Waals surface area contributed by atoms with Gasteiger partial charge in [-0.05, 0) is 28.7 Å². The van der Waals surface area contributed by atoms with Gasteiger partial charge in [-0.1, -0.05) is 17.3 Å². The molecule has 0 heterocycles. The van der Waals surface area contributed by atoms with Crippen LogP contribution in [0.3, 0.4) is 0 Å². The van der Waals surface area contributed by atoms with Gasteiger partial charge in [0.25, 0.3) is 0 Å². The summed E-state index contributed by atoms with van der Waals surface area (Å²) in [5.41, 5.74) is 0.291. The lowest BCUT2D eigenvalue weighted by Crippen LogP contribution is -1.90. The molecule has 1 aromatic carbocycles. The Labute approximate surface area is 76.9 Å². The predicted molar refractivity (Wildman–Crippen MR) is 48.5 cm³/mol. The zero-order valence-electron chi connectivity index (χ0n) is 5.46. The van der Waals surface area contributed by atoms with E-state index in [4.69, 9.17) is 5.21 Å². The van der Waals surface area contributed by atoms with Crippen molar-refractivity contribution in [3.8, 4) is 0 Å². The molecule has 11 heavy (non-hydrogen) atoms. The first-order valence-electron chi connectivity index (χ1n) is 2.87. The summed E-state index contributed by atoms with van der Waals surface area (Å²) in [6, 6.07) is 4.88. The molecule has 0 fully saturated rings. The molecule has 0 saturated heterocycles. The van der Waals surface area contributed by atoms with Crippen LogP contribution in [0.15, 0.2) is 23.4 Å². The SMILES string of the molecule is O/N=C/c1cccc(I)c1F. The first kappa shape index (κ1) is 8.45. The van der Waals surface area contributed by atoms with E-state index in [0.717, 1.165) is 6.21 Å². The van der Waals surface area contributed by atoms with Crippen molar-refractivity contribution in [3.05, 3.63) is 33.1 Å². The van der Waals surface area contributed by atoms with Gasteiger partial charge in [-0.25, -0.2) is 4.39 Å². The highest BCUT2D eigenvalue weighted by Gasteiger charge is 2.01. The fourth-order valence-corrected chi connectivity index (χ4v) is 1.20. The zero-order chi connectivity index (χ0) is 8.27. The highest BCUT2D eigenvalue weighted by molar-refractivity contribution is 14.1. The van der Waals surface area contributed by atoms with Crippen LogP contribution in [0.4, 0.5) is 4.39 Å². The molecule has 1 N–H and O–H groups in total. The van der Waals surface area contributed by atoms with Crippen LogP contribution in [0, 0.1) is 9.39 Å². The lowest BCUT2D eigenvalue weighted by Gasteiger charge is -1.95. The van der Waals surface area contributed by atoms with Crippen molar-refractivity contribution in [2.24, 2.45) is 5.16 Å². The molecule has 0 bridgehead atoms. The molecule has 1 rings (SSSR count). The fourth-order valence-electron chi connectivity index (χ4n) is 0.682. The Bertz CT molecular complexity index is 288. The summed E-state index contributed by atoms with van der Waals surface area (Å²) < 4.78 is 13.5.